The van der Waals surface area contributed by atoms with Crippen LogP contribution in [0.4, 0.5) is 32.2 Å². The van der Waals surface area contributed by atoms with Crippen molar-refractivity contribution in [3.8, 4) is 0 Å². The third-order valence-corrected chi connectivity index (χ3v) is 6.41. The van der Waals surface area contributed by atoms with Crippen LogP contribution in [0.25, 0.3) is 0 Å². The third kappa shape index (κ3) is 11.9. The molecule has 2 heterocycles. The van der Waals surface area contributed by atoms with Crippen LogP contribution >= 0.6 is 11.6 Å². The minimum atomic E-state index is -4.59. The maximum atomic E-state index is 13.3. The summed E-state index contributed by atoms with van der Waals surface area (Å²) in [4.78, 5) is 50.6. The van der Waals surface area contributed by atoms with Crippen LogP contribution < -0.4 is 33.5 Å². The lowest BCUT2D eigenvalue weighted by atomic mass is 10.1. The van der Waals surface area contributed by atoms with Crippen LogP contribution in [0.3, 0.4) is 0 Å². The Hall–Kier alpha value is -4.57. The molecule has 0 aliphatic carbocycles. The number of rotatable bonds is 6. The molecule has 2 atom stereocenters. The fourth-order valence-electron chi connectivity index (χ4n) is 4.04. The van der Waals surface area contributed by atoms with Gasteiger partial charge in [0.2, 0.25) is 0 Å². The van der Waals surface area contributed by atoms with Crippen molar-refractivity contribution < 1.29 is 26.3 Å². The molecule has 10 nitrogen and oxygen atoms in total. The standard InChI is InChI=1S/C15H16F3N3O2.C8H8F3N.C7H9ClN2O2.CH4/c1-9(2)21-12(22)8-11(20-14(21)23)19-13(15(16,17)18)10-6-4-3-5-7-10;9-8(10,11)7(12)6-4-2-1-3-5-6;1-4(2)10-6(11)3-5(8)9-7(10)12;/h3-9,13,19H,1-2H3,(H,20,23);1-5,7H,12H2;3-4H,1-2H3,(H,9,12);1H4/t13-;7-;;/m11../s1. The predicted molar refractivity (Wildman–Crippen MR) is 173 cm³/mol. The van der Waals surface area contributed by atoms with Gasteiger partial charge in [-0.1, -0.05) is 79.7 Å². The van der Waals surface area contributed by atoms with Gasteiger partial charge < -0.3 is 11.1 Å². The Labute approximate surface area is 276 Å². The summed E-state index contributed by atoms with van der Waals surface area (Å²) in [6, 6.07) is 12.3. The normalized spacial score (nSPS) is 12.5. The average Bonchev–Trinajstić information content (AvgIpc) is 2.95. The van der Waals surface area contributed by atoms with Crippen molar-refractivity contribution in [1.82, 2.24) is 19.1 Å². The zero-order valence-corrected chi connectivity index (χ0v) is 26.2. The van der Waals surface area contributed by atoms with Gasteiger partial charge in [0, 0.05) is 24.2 Å². The summed E-state index contributed by atoms with van der Waals surface area (Å²) in [6.07, 6.45) is -8.95. The Morgan fingerprint density at radius 1 is 0.688 bits per heavy atom. The molecule has 48 heavy (non-hydrogen) atoms. The molecule has 4 rings (SSSR count). The summed E-state index contributed by atoms with van der Waals surface area (Å²) < 4.78 is 77.8. The lowest BCUT2D eigenvalue weighted by Gasteiger charge is -2.23. The van der Waals surface area contributed by atoms with E-state index in [0.29, 0.717) is 0 Å². The SMILES string of the molecule is C.CC(C)n1c(=O)cc(Cl)[nH]c1=O.CC(C)n1c(=O)cc(N[C@H](c2ccccc2)C(F)(F)F)[nH]c1=O.N[C@H](c1ccccc1)C(F)(F)F. The van der Waals surface area contributed by atoms with E-state index in [4.69, 9.17) is 17.3 Å². The van der Waals surface area contributed by atoms with E-state index in [1.807, 2.05) is 0 Å². The van der Waals surface area contributed by atoms with Crippen molar-refractivity contribution in [2.24, 2.45) is 5.73 Å². The number of aromatic amines is 2. The van der Waals surface area contributed by atoms with Gasteiger partial charge in [0.05, 0.1) is 0 Å². The Kier molecular flexibility index (Phi) is 15.2. The summed E-state index contributed by atoms with van der Waals surface area (Å²) in [7, 11) is 0. The Morgan fingerprint density at radius 2 is 1.10 bits per heavy atom. The number of nitrogens with two attached hydrogens (primary N) is 1. The molecular formula is C31H37ClF6N6O4. The Balaban J connectivity index is 0.000000390. The molecule has 0 fully saturated rings. The molecular weight excluding hydrogens is 670 g/mol. The number of alkyl halides is 6. The van der Waals surface area contributed by atoms with Crippen molar-refractivity contribution in [3.05, 3.63) is 131 Å². The zero-order chi connectivity index (χ0) is 35.7. The van der Waals surface area contributed by atoms with Gasteiger partial charge in [0.25, 0.3) is 11.1 Å². The van der Waals surface area contributed by atoms with Gasteiger partial charge in [-0.05, 0) is 38.8 Å². The van der Waals surface area contributed by atoms with E-state index in [1.54, 1.807) is 39.8 Å². The molecule has 0 saturated carbocycles. The van der Waals surface area contributed by atoms with Crippen LogP contribution in [0.1, 0.15) is 70.4 Å². The van der Waals surface area contributed by atoms with Crippen molar-refractivity contribution in [3.63, 3.8) is 0 Å². The Bertz CT molecular complexity index is 1760. The number of hydrogen-bond acceptors (Lipinski definition) is 6. The fraction of sp³-hybridized carbons (Fsp3) is 0.355. The molecule has 2 aromatic carbocycles. The van der Waals surface area contributed by atoms with Crippen molar-refractivity contribution >= 4 is 17.4 Å². The maximum absolute atomic E-state index is 13.3. The van der Waals surface area contributed by atoms with E-state index in [0.717, 1.165) is 15.2 Å². The quantitative estimate of drug-likeness (QED) is 0.133. The number of H-pyrrole nitrogens is 2. The number of nitrogens with one attached hydrogen (secondary N) is 3. The van der Waals surface area contributed by atoms with Crippen LogP contribution in [-0.2, 0) is 0 Å². The van der Waals surface area contributed by atoms with Crippen LogP contribution in [0, 0.1) is 0 Å². The number of halogens is 7. The van der Waals surface area contributed by atoms with Gasteiger partial charge in [-0.3, -0.25) is 28.7 Å². The molecule has 0 saturated heterocycles. The van der Waals surface area contributed by atoms with Crippen molar-refractivity contribution in [2.45, 2.75) is 71.6 Å². The highest BCUT2D eigenvalue weighted by Gasteiger charge is 2.41. The van der Waals surface area contributed by atoms with E-state index in [-0.39, 0.29) is 41.1 Å². The lowest BCUT2D eigenvalue weighted by Crippen LogP contribution is -2.37. The molecule has 0 amide bonds. The average molecular weight is 707 g/mol. The first-order valence-electron chi connectivity index (χ1n) is 13.9. The molecule has 2 aromatic heterocycles. The summed E-state index contributed by atoms with van der Waals surface area (Å²) in [5.41, 5.74) is 2.74. The second-order valence-corrected chi connectivity index (χ2v) is 10.9. The zero-order valence-electron chi connectivity index (χ0n) is 25.5. The van der Waals surface area contributed by atoms with Gasteiger partial charge in [-0.15, -0.1) is 0 Å². The van der Waals surface area contributed by atoms with Gasteiger partial charge >= 0.3 is 23.7 Å². The summed E-state index contributed by atoms with van der Waals surface area (Å²) in [5.74, 6) is -0.275. The highest BCUT2D eigenvalue weighted by atomic mass is 35.5. The number of anilines is 1. The minimum absolute atomic E-state index is 0. The molecule has 0 aliphatic rings. The molecule has 0 bridgehead atoms. The third-order valence-electron chi connectivity index (χ3n) is 6.20. The number of hydrogen-bond donors (Lipinski definition) is 4. The van der Waals surface area contributed by atoms with Crippen LogP contribution in [-0.4, -0.2) is 31.5 Å². The summed E-state index contributed by atoms with van der Waals surface area (Å²) in [6.45, 7) is 6.77. The smallest absolute Gasteiger partial charge is 0.356 e. The minimum Gasteiger partial charge on any atom is -0.356 e. The highest BCUT2D eigenvalue weighted by molar-refractivity contribution is 6.29. The molecule has 17 heteroatoms. The largest absolute Gasteiger partial charge is 0.412 e. The van der Waals surface area contributed by atoms with E-state index in [2.05, 4.69) is 15.3 Å². The molecule has 0 spiro atoms. The van der Waals surface area contributed by atoms with E-state index >= 15 is 0 Å². The van der Waals surface area contributed by atoms with Crippen LogP contribution in [0.15, 0.2) is 92.0 Å². The molecule has 0 aliphatic heterocycles. The molecule has 264 valence electrons. The molecule has 5 N–H and O–H groups in total. The highest BCUT2D eigenvalue weighted by Crippen LogP contribution is 2.35. The second-order valence-electron chi connectivity index (χ2n) is 10.5. The van der Waals surface area contributed by atoms with Crippen LogP contribution in [0.5, 0.6) is 0 Å². The van der Waals surface area contributed by atoms with Gasteiger partial charge in [0.1, 0.15) is 23.1 Å². The lowest BCUT2D eigenvalue weighted by molar-refractivity contribution is -0.149. The van der Waals surface area contributed by atoms with Crippen molar-refractivity contribution in [2.75, 3.05) is 5.32 Å². The van der Waals surface area contributed by atoms with Gasteiger partial charge in [-0.25, -0.2) is 9.59 Å². The topological polar surface area (TPSA) is 148 Å². The second kappa shape index (κ2) is 17.5. The first-order valence-corrected chi connectivity index (χ1v) is 14.2. The Morgan fingerprint density at radius 3 is 1.48 bits per heavy atom. The summed E-state index contributed by atoms with van der Waals surface area (Å²) >= 11 is 5.46. The fourth-order valence-corrected chi connectivity index (χ4v) is 4.22. The summed E-state index contributed by atoms with van der Waals surface area (Å²) in [5, 5.41) is 2.26. The van der Waals surface area contributed by atoms with Gasteiger partial charge in [-0.2, -0.15) is 26.3 Å². The number of benzene rings is 2. The first-order chi connectivity index (χ1) is 21.7. The van der Waals surface area contributed by atoms with E-state index < -0.39 is 47.4 Å². The number of nitrogens with zero attached hydrogens (tertiary/aromatic N) is 2. The first kappa shape index (κ1) is 41.5. The molecule has 0 unspecified atom stereocenters. The monoisotopic (exact) mass is 706 g/mol. The molecule has 4 aromatic rings. The van der Waals surface area contributed by atoms with E-state index in [9.17, 15) is 45.5 Å². The maximum Gasteiger partial charge on any atom is 0.412 e. The predicted octanol–water partition coefficient (Wildman–Crippen LogP) is 6.49. The number of aromatic nitrogens is 4. The van der Waals surface area contributed by atoms with E-state index in [1.165, 1.54) is 54.6 Å². The van der Waals surface area contributed by atoms with Crippen LogP contribution in [0.2, 0.25) is 5.15 Å². The van der Waals surface area contributed by atoms with Crippen molar-refractivity contribution in [1.29, 1.82) is 0 Å². The molecule has 0 radical (unpaired) electrons. The van der Waals surface area contributed by atoms with Gasteiger partial charge in [0.15, 0.2) is 0 Å².